The minimum Gasteiger partial charge on any atom is -0.484 e. The molecule has 0 atom stereocenters. The lowest BCUT2D eigenvalue weighted by atomic mass is 10.1. The van der Waals surface area contributed by atoms with Crippen molar-refractivity contribution < 1.29 is 22.7 Å². The van der Waals surface area contributed by atoms with Gasteiger partial charge in [-0.25, -0.2) is 8.42 Å². The predicted octanol–water partition coefficient (Wildman–Crippen LogP) is 3.49. The number of thiophene rings is 1. The molecule has 0 unspecified atom stereocenters. The van der Waals surface area contributed by atoms with E-state index in [4.69, 9.17) is 10.5 Å². The molecule has 2 amide bonds. The number of nitrogens with one attached hydrogen (secondary N) is 1. The van der Waals surface area contributed by atoms with E-state index in [1.165, 1.54) is 22.7 Å². The van der Waals surface area contributed by atoms with E-state index in [-0.39, 0.29) is 11.5 Å². The van der Waals surface area contributed by atoms with Crippen LogP contribution in [0.1, 0.15) is 32.8 Å². The fourth-order valence-corrected chi connectivity index (χ4v) is 6.33. The number of fused-ring (bicyclic) bond motifs is 1. The van der Waals surface area contributed by atoms with Crippen LogP contribution in [0.15, 0.2) is 53.4 Å². The number of hydrogen-bond acceptors (Lipinski definition) is 6. The quantitative estimate of drug-likeness (QED) is 0.492. The van der Waals surface area contributed by atoms with Crippen LogP contribution in [0.4, 0.5) is 10.7 Å². The number of hydrogen-bond donors (Lipinski definition) is 2. The van der Waals surface area contributed by atoms with Gasteiger partial charge in [0.2, 0.25) is 0 Å². The molecule has 1 aliphatic carbocycles. The summed E-state index contributed by atoms with van der Waals surface area (Å²) in [6, 6.07) is 13.0. The third-order valence-corrected chi connectivity index (χ3v) is 8.68. The minimum absolute atomic E-state index is 0.201. The van der Waals surface area contributed by atoms with Gasteiger partial charge in [-0.2, -0.15) is 0 Å². The van der Waals surface area contributed by atoms with Crippen molar-refractivity contribution in [3.8, 4) is 5.75 Å². The molecule has 0 fully saturated rings. The highest BCUT2D eigenvalue weighted by Gasteiger charge is 2.26. The molecule has 0 radical (unpaired) electrons. The lowest BCUT2D eigenvalue weighted by molar-refractivity contribution is -0.118. The van der Waals surface area contributed by atoms with Crippen LogP contribution in [-0.2, 0) is 27.7 Å². The van der Waals surface area contributed by atoms with Gasteiger partial charge in [-0.1, -0.05) is 17.7 Å². The Morgan fingerprint density at radius 2 is 1.76 bits per heavy atom. The summed E-state index contributed by atoms with van der Waals surface area (Å²) in [7, 11) is -2.22. The maximum atomic E-state index is 12.9. The van der Waals surface area contributed by atoms with E-state index in [2.05, 4.69) is 5.32 Å². The van der Waals surface area contributed by atoms with Gasteiger partial charge in [-0.3, -0.25) is 13.9 Å². The molecule has 2 aromatic carbocycles. The zero-order chi connectivity index (χ0) is 24.5. The van der Waals surface area contributed by atoms with Gasteiger partial charge in [0.1, 0.15) is 10.8 Å². The van der Waals surface area contributed by atoms with Gasteiger partial charge < -0.3 is 15.8 Å². The summed E-state index contributed by atoms with van der Waals surface area (Å²) in [6.07, 6.45) is 2.65. The van der Waals surface area contributed by atoms with Crippen molar-refractivity contribution in [2.45, 2.75) is 31.1 Å². The summed E-state index contributed by atoms with van der Waals surface area (Å²) in [5.74, 6) is -0.551. The van der Waals surface area contributed by atoms with Gasteiger partial charge in [0, 0.05) is 11.9 Å². The van der Waals surface area contributed by atoms with Crippen LogP contribution in [-0.4, -0.2) is 33.9 Å². The van der Waals surface area contributed by atoms with E-state index >= 15 is 0 Å². The molecular weight excluding hydrogens is 474 g/mol. The first-order valence-corrected chi connectivity index (χ1v) is 12.9. The molecule has 0 bridgehead atoms. The monoisotopic (exact) mass is 499 g/mol. The fraction of sp³-hybridized carbons (Fsp3) is 0.250. The summed E-state index contributed by atoms with van der Waals surface area (Å²) in [5.41, 5.74) is 8.29. The number of nitrogens with zero attached hydrogens (tertiary/aromatic N) is 1. The Labute approximate surface area is 202 Å². The zero-order valence-electron chi connectivity index (χ0n) is 18.8. The van der Waals surface area contributed by atoms with E-state index in [0.29, 0.717) is 22.0 Å². The number of aryl methyl sites for hydroxylation is 2. The third-order valence-electron chi connectivity index (χ3n) is 5.67. The summed E-state index contributed by atoms with van der Waals surface area (Å²) in [4.78, 5) is 25.6. The van der Waals surface area contributed by atoms with Crippen LogP contribution in [0.25, 0.3) is 0 Å². The Morgan fingerprint density at radius 1 is 1.09 bits per heavy atom. The molecule has 1 aliphatic rings. The predicted molar refractivity (Wildman–Crippen MR) is 132 cm³/mol. The van der Waals surface area contributed by atoms with Gasteiger partial charge in [-0.15, -0.1) is 11.3 Å². The molecule has 0 spiro atoms. The molecule has 10 heteroatoms. The van der Waals surface area contributed by atoms with Gasteiger partial charge in [0.25, 0.3) is 21.8 Å². The van der Waals surface area contributed by atoms with Crippen molar-refractivity contribution in [2.75, 3.05) is 23.3 Å². The minimum atomic E-state index is -3.70. The van der Waals surface area contributed by atoms with Crippen molar-refractivity contribution in [3.63, 3.8) is 0 Å². The molecule has 3 N–H and O–H groups in total. The molecule has 8 nitrogen and oxygen atoms in total. The molecule has 3 aromatic rings. The normalized spacial score (nSPS) is 12.8. The molecule has 178 valence electrons. The van der Waals surface area contributed by atoms with Gasteiger partial charge >= 0.3 is 0 Å². The van der Waals surface area contributed by atoms with Crippen LogP contribution in [0, 0.1) is 6.92 Å². The van der Waals surface area contributed by atoms with Gasteiger partial charge in [0.15, 0.2) is 6.61 Å². The van der Waals surface area contributed by atoms with E-state index < -0.39 is 21.8 Å². The second-order valence-electron chi connectivity index (χ2n) is 8.04. The molecular formula is C24H25N3O5S2. The smallest absolute Gasteiger partial charge is 0.264 e. The van der Waals surface area contributed by atoms with E-state index in [9.17, 15) is 18.0 Å². The van der Waals surface area contributed by atoms with Crippen molar-refractivity contribution in [1.82, 2.24) is 0 Å². The first kappa shape index (κ1) is 23.8. The average Bonchev–Trinajstić information content (AvgIpc) is 3.38. The van der Waals surface area contributed by atoms with Crippen molar-refractivity contribution in [3.05, 3.63) is 70.1 Å². The summed E-state index contributed by atoms with van der Waals surface area (Å²) in [6.45, 7) is 1.62. The summed E-state index contributed by atoms with van der Waals surface area (Å²) in [5, 5.41) is 3.19. The standard InChI is InChI=1S/C24H25N3O5S2/c1-15-6-12-18(13-7-15)34(30,31)27(2)16-8-10-17(11-9-16)32-14-21(28)26-24-22(23(25)29)19-4-3-5-20(19)33-24/h6-13H,3-5,14H2,1-2H3,(H2,25,29)(H,26,28). The number of benzene rings is 2. The number of primary amides is 1. The van der Waals surface area contributed by atoms with Crippen LogP contribution in [0.5, 0.6) is 5.75 Å². The highest BCUT2D eigenvalue weighted by Crippen LogP contribution is 2.38. The van der Waals surface area contributed by atoms with Crippen molar-refractivity contribution >= 4 is 43.9 Å². The van der Waals surface area contributed by atoms with Gasteiger partial charge in [0.05, 0.1) is 16.1 Å². The Hall–Kier alpha value is -3.37. The third kappa shape index (κ3) is 4.78. The Bertz CT molecular complexity index is 1330. The molecule has 0 aliphatic heterocycles. The van der Waals surface area contributed by atoms with Crippen LogP contribution in [0.3, 0.4) is 0 Å². The van der Waals surface area contributed by atoms with E-state index in [0.717, 1.165) is 35.3 Å². The van der Waals surface area contributed by atoms with Crippen LogP contribution < -0.4 is 20.1 Å². The van der Waals surface area contributed by atoms with E-state index in [1.807, 2.05) is 6.92 Å². The van der Waals surface area contributed by atoms with Gasteiger partial charge in [-0.05, 0) is 68.1 Å². The zero-order valence-corrected chi connectivity index (χ0v) is 20.5. The first-order chi connectivity index (χ1) is 16.2. The number of ether oxygens (including phenoxy) is 1. The largest absolute Gasteiger partial charge is 0.484 e. The summed E-state index contributed by atoms with van der Waals surface area (Å²) >= 11 is 1.38. The molecule has 1 heterocycles. The number of carbonyl (C=O) groups excluding carboxylic acids is 2. The molecule has 4 rings (SSSR count). The van der Waals surface area contributed by atoms with E-state index in [1.54, 1.807) is 48.5 Å². The number of nitrogens with two attached hydrogens (primary N) is 1. The second kappa shape index (κ2) is 9.47. The van der Waals surface area contributed by atoms with Crippen LogP contribution >= 0.6 is 11.3 Å². The maximum absolute atomic E-state index is 12.9. The number of amides is 2. The SMILES string of the molecule is Cc1ccc(S(=O)(=O)N(C)c2ccc(OCC(=O)Nc3sc4c(c3C(N)=O)CCC4)cc2)cc1. The second-order valence-corrected chi connectivity index (χ2v) is 11.1. The Balaban J connectivity index is 1.38. The highest BCUT2D eigenvalue weighted by atomic mass is 32.2. The fourth-order valence-electron chi connectivity index (χ4n) is 3.82. The maximum Gasteiger partial charge on any atom is 0.264 e. The lowest BCUT2D eigenvalue weighted by Gasteiger charge is -2.20. The number of anilines is 2. The highest BCUT2D eigenvalue weighted by molar-refractivity contribution is 7.92. The average molecular weight is 500 g/mol. The van der Waals surface area contributed by atoms with Crippen molar-refractivity contribution in [2.24, 2.45) is 5.73 Å². The molecule has 34 heavy (non-hydrogen) atoms. The Morgan fingerprint density at radius 3 is 2.41 bits per heavy atom. The number of sulfonamides is 1. The lowest BCUT2D eigenvalue weighted by Crippen LogP contribution is -2.26. The van der Waals surface area contributed by atoms with Crippen molar-refractivity contribution in [1.29, 1.82) is 0 Å². The topological polar surface area (TPSA) is 119 Å². The van der Waals surface area contributed by atoms with Crippen LogP contribution in [0.2, 0.25) is 0 Å². The molecule has 0 saturated heterocycles. The molecule has 0 saturated carbocycles. The molecule has 1 aromatic heterocycles. The number of carbonyl (C=O) groups is 2. The first-order valence-electron chi connectivity index (χ1n) is 10.7. The number of rotatable bonds is 8. The Kier molecular flexibility index (Phi) is 6.63. The summed E-state index contributed by atoms with van der Waals surface area (Å²) < 4.78 is 32.4.